The lowest BCUT2D eigenvalue weighted by atomic mass is 10.1. The molecule has 0 saturated carbocycles. The van der Waals surface area contributed by atoms with Gasteiger partial charge in [-0.05, 0) is 55.3 Å². The highest BCUT2D eigenvalue weighted by Gasteiger charge is 2.05. The zero-order chi connectivity index (χ0) is 13.8. The summed E-state index contributed by atoms with van der Waals surface area (Å²) in [6.45, 7) is 3.79. The highest BCUT2D eigenvalue weighted by Crippen LogP contribution is 2.19. The second-order valence-electron chi connectivity index (χ2n) is 4.45. The van der Waals surface area contributed by atoms with Crippen LogP contribution >= 0.6 is 0 Å². The minimum absolute atomic E-state index is 0.0441. The van der Waals surface area contributed by atoms with Crippen molar-refractivity contribution in [2.75, 3.05) is 0 Å². The highest BCUT2D eigenvalue weighted by molar-refractivity contribution is 5.95. The normalized spacial score (nSPS) is 10.3. The van der Waals surface area contributed by atoms with E-state index in [1.54, 1.807) is 31.2 Å². The average Bonchev–Trinajstić information content (AvgIpc) is 2.37. The second-order valence-corrected chi connectivity index (χ2v) is 4.45. The largest absolute Gasteiger partial charge is 0.489 e. The van der Waals surface area contributed by atoms with Crippen molar-refractivity contribution in [1.82, 2.24) is 0 Å². The molecule has 0 atom stereocenters. The molecule has 0 aliphatic rings. The Hall–Kier alpha value is -2.16. The summed E-state index contributed by atoms with van der Waals surface area (Å²) in [5, 5.41) is 0. The van der Waals surface area contributed by atoms with Gasteiger partial charge in [-0.15, -0.1) is 0 Å². The van der Waals surface area contributed by atoms with Gasteiger partial charge in [-0.2, -0.15) is 0 Å². The SMILES string of the molecule is CC(=O)c1ccc(OCc2ccc(F)cc2)cc1C. The Morgan fingerprint density at radius 2 is 1.84 bits per heavy atom. The quantitative estimate of drug-likeness (QED) is 0.777. The van der Waals surface area contributed by atoms with E-state index >= 15 is 0 Å². The molecule has 0 aliphatic heterocycles. The van der Waals surface area contributed by atoms with E-state index < -0.39 is 0 Å². The molecule has 0 saturated heterocycles. The molecule has 0 heterocycles. The minimum Gasteiger partial charge on any atom is -0.489 e. The number of rotatable bonds is 4. The standard InChI is InChI=1S/C16H15FO2/c1-11-9-15(7-8-16(11)12(2)18)19-10-13-3-5-14(17)6-4-13/h3-9H,10H2,1-2H3. The van der Waals surface area contributed by atoms with Gasteiger partial charge in [0.1, 0.15) is 18.2 Å². The third-order valence-corrected chi connectivity index (χ3v) is 2.90. The van der Waals surface area contributed by atoms with Crippen LogP contribution in [0.5, 0.6) is 5.75 Å². The topological polar surface area (TPSA) is 26.3 Å². The van der Waals surface area contributed by atoms with Crippen LogP contribution in [0.3, 0.4) is 0 Å². The summed E-state index contributed by atoms with van der Waals surface area (Å²) in [6.07, 6.45) is 0. The molecular weight excluding hydrogens is 243 g/mol. The smallest absolute Gasteiger partial charge is 0.160 e. The number of hydrogen-bond donors (Lipinski definition) is 0. The summed E-state index contributed by atoms with van der Waals surface area (Å²) in [5.41, 5.74) is 2.49. The van der Waals surface area contributed by atoms with Gasteiger partial charge in [-0.1, -0.05) is 12.1 Å². The lowest BCUT2D eigenvalue weighted by Crippen LogP contribution is -1.99. The highest BCUT2D eigenvalue weighted by atomic mass is 19.1. The Kier molecular flexibility index (Phi) is 3.95. The number of ketones is 1. The van der Waals surface area contributed by atoms with Crippen LogP contribution in [-0.4, -0.2) is 5.78 Å². The van der Waals surface area contributed by atoms with Crippen LogP contribution in [0.15, 0.2) is 42.5 Å². The van der Waals surface area contributed by atoms with Crippen LogP contribution in [0.25, 0.3) is 0 Å². The molecule has 2 aromatic rings. The van der Waals surface area contributed by atoms with Crippen LogP contribution in [0.4, 0.5) is 4.39 Å². The first-order chi connectivity index (χ1) is 9.06. The van der Waals surface area contributed by atoms with E-state index in [9.17, 15) is 9.18 Å². The van der Waals surface area contributed by atoms with Crippen molar-refractivity contribution in [1.29, 1.82) is 0 Å². The number of carbonyl (C=O) groups is 1. The maximum Gasteiger partial charge on any atom is 0.160 e. The second kappa shape index (κ2) is 5.65. The number of carbonyl (C=O) groups excluding carboxylic acids is 1. The number of Topliss-reactive ketones (excluding diaryl/α,β-unsaturated/α-hetero) is 1. The van der Waals surface area contributed by atoms with Crippen LogP contribution in [0.2, 0.25) is 0 Å². The van der Waals surface area contributed by atoms with Crippen molar-refractivity contribution in [2.45, 2.75) is 20.5 Å². The van der Waals surface area contributed by atoms with Gasteiger partial charge in [0, 0.05) is 5.56 Å². The zero-order valence-electron chi connectivity index (χ0n) is 10.9. The van der Waals surface area contributed by atoms with Crippen molar-refractivity contribution < 1.29 is 13.9 Å². The maximum absolute atomic E-state index is 12.8. The molecule has 0 radical (unpaired) electrons. The number of halogens is 1. The lowest BCUT2D eigenvalue weighted by molar-refractivity contribution is 0.101. The summed E-state index contributed by atoms with van der Waals surface area (Å²) in [4.78, 5) is 11.3. The Morgan fingerprint density at radius 1 is 1.16 bits per heavy atom. The van der Waals surface area contributed by atoms with Crippen LogP contribution in [-0.2, 0) is 6.61 Å². The van der Waals surface area contributed by atoms with E-state index in [1.165, 1.54) is 12.1 Å². The van der Waals surface area contributed by atoms with Crippen molar-refractivity contribution in [3.05, 3.63) is 65.0 Å². The molecule has 0 fully saturated rings. The molecule has 19 heavy (non-hydrogen) atoms. The molecule has 0 amide bonds. The third-order valence-electron chi connectivity index (χ3n) is 2.90. The van der Waals surface area contributed by atoms with E-state index in [4.69, 9.17) is 4.74 Å². The number of benzene rings is 2. The van der Waals surface area contributed by atoms with Gasteiger partial charge in [0.05, 0.1) is 0 Å². The van der Waals surface area contributed by atoms with E-state index in [1.807, 2.05) is 13.0 Å². The fourth-order valence-corrected chi connectivity index (χ4v) is 1.87. The third kappa shape index (κ3) is 3.41. The monoisotopic (exact) mass is 258 g/mol. The van der Waals surface area contributed by atoms with Gasteiger partial charge in [0.15, 0.2) is 5.78 Å². The van der Waals surface area contributed by atoms with Gasteiger partial charge in [0.2, 0.25) is 0 Å². The zero-order valence-corrected chi connectivity index (χ0v) is 10.9. The van der Waals surface area contributed by atoms with Crippen molar-refractivity contribution in [2.24, 2.45) is 0 Å². The summed E-state index contributed by atoms with van der Waals surface area (Å²) in [7, 11) is 0. The van der Waals surface area contributed by atoms with E-state index in [2.05, 4.69) is 0 Å². The molecule has 0 N–H and O–H groups in total. The Labute approximate surface area is 111 Å². The summed E-state index contributed by atoms with van der Waals surface area (Å²) >= 11 is 0. The molecular formula is C16H15FO2. The summed E-state index contributed by atoms with van der Waals surface area (Å²) < 4.78 is 18.4. The Morgan fingerprint density at radius 3 is 2.42 bits per heavy atom. The van der Waals surface area contributed by atoms with Crippen LogP contribution in [0, 0.1) is 12.7 Å². The molecule has 0 aliphatic carbocycles. The van der Waals surface area contributed by atoms with Crippen LogP contribution in [0.1, 0.15) is 28.4 Å². The molecule has 0 spiro atoms. The molecule has 2 rings (SSSR count). The van der Waals surface area contributed by atoms with E-state index in [0.717, 1.165) is 11.1 Å². The molecule has 98 valence electrons. The Balaban J connectivity index is 2.06. The predicted molar refractivity (Wildman–Crippen MR) is 71.9 cm³/mol. The molecule has 3 heteroatoms. The van der Waals surface area contributed by atoms with E-state index in [-0.39, 0.29) is 11.6 Å². The molecule has 2 nitrogen and oxygen atoms in total. The van der Waals surface area contributed by atoms with E-state index in [0.29, 0.717) is 17.9 Å². The van der Waals surface area contributed by atoms with Crippen molar-refractivity contribution in [3.63, 3.8) is 0 Å². The maximum atomic E-state index is 12.8. The Bertz CT molecular complexity index is 588. The average molecular weight is 258 g/mol. The predicted octanol–water partition coefficient (Wildman–Crippen LogP) is 3.92. The van der Waals surface area contributed by atoms with Crippen molar-refractivity contribution in [3.8, 4) is 5.75 Å². The van der Waals surface area contributed by atoms with Crippen LogP contribution < -0.4 is 4.74 Å². The first kappa shape index (κ1) is 13.3. The fraction of sp³-hybridized carbons (Fsp3) is 0.188. The first-order valence-electron chi connectivity index (χ1n) is 6.05. The molecule has 0 unspecified atom stereocenters. The number of aryl methyl sites for hydroxylation is 1. The van der Waals surface area contributed by atoms with Gasteiger partial charge in [-0.3, -0.25) is 4.79 Å². The first-order valence-corrected chi connectivity index (χ1v) is 6.05. The van der Waals surface area contributed by atoms with Gasteiger partial charge < -0.3 is 4.74 Å². The molecule has 0 bridgehead atoms. The lowest BCUT2D eigenvalue weighted by Gasteiger charge is -2.09. The minimum atomic E-state index is -0.259. The summed E-state index contributed by atoms with van der Waals surface area (Å²) in [6, 6.07) is 11.6. The van der Waals surface area contributed by atoms with Gasteiger partial charge in [-0.25, -0.2) is 4.39 Å². The fourth-order valence-electron chi connectivity index (χ4n) is 1.87. The number of ether oxygens (including phenoxy) is 1. The summed E-state index contributed by atoms with van der Waals surface area (Å²) in [5.74, 6) is 0.486. The molecule has 0 aromatic heterocycles. The van der Waals surface area contributed by atoms with Gasteiger partial charge >= 0.3 is 0 Å². The van der Waals surface area contributed by atoms with Crippen molar-refractivity contribution >= 4 is 5.78 Å². The molecule has 2 aromatic carbocycles. The number of hydrogen-bond acceptors (Lipinski definition) is 2. The van der Waals surface area contributed by atoms with Gasteiger partial charge in [0.25, 0.3) is 0 Å².